The highest BCUT2D eigenvalue weighted by molar-refractivity contribution is 6.20. The van der Waals surface area contributed by atoms with Crippen molar-refractivity contribution in [1.29, 1.82) is 0 Å². The third kappa shape index (κ3) is 9.13. The lowest BCUT2D eigenvalue weighted by atomic mass is 10.00. The summed E-state index contributed by atoms with van der Waals surface area (Å²) in [7, 11) is 0. The Hall–Kier alpha value is -13.7. The van der Waals surface area contributed by atoms with Crippen LogP contribution in [0.4, 0.5) is 0 Å². The number of rotatable bonds is 8. The van der Waals surface area contributed by atoms with E-state index in [1.165, 1.54) is 132 Å². The number of para-hydroxylation sites is 6. The van der Waals surface area contributed by atoms with Gasteiger partial charge in [0.15, 0.2) is 0 Å². The van der Waals surface area contributed by atoms with Crippen LogP contribution in [0.3, 0.4) is 0 Å². The van der Waals surface area contributed by atoms with Gasteiger partial charge in [-0.05, 0) is 184 Å². The van der Waals surface area contributed by atoms with Crippen LogP contribution in [0.15, 0.2) is 373 Å². The lowest BCUT2D eigenvalue weighted by molar-refractivity contribution is 0.669. The van der Waals surface area contributed by atoms with Gasteiger partial charge in [-0.15, -0.1) is 0 Å². The molecule has 0 N–H and O–H groups in total. The summed E-state index contributed by atoms with van der Waals surface area (Å²) in [4.78, 5) is 0. The van der Waals surface area contributed by atoms with Crippen molar-refractivity contribution in [1.82, 2.24) is 18.3 Å². The summed E-state index contributed by atoms with van der Waals surface area (Å²) in [5.41, 5.74) is 27.3. The molecule has 6 aromatic heterocycles. The van der Waals surface area contributed by atoms with Gasteiger partial charge >= 0.3 is 0 Å². The molecular formula is C96H60N4O2. The van der Waals surface area contributed by atoms with E-state index < -0.39 is 0 Å². The van der Waals surface area contributed by atoms with Crippen LogP contribution in [-0.2, 0) is 0 Å². The molecule has 0 spiro atoms. The molecular weight excluding hydrogens is 1240 g/mol. The third-order valence-corrected chi connectivity index (χ3v) is 21.0. The van der Waals surface area contributed by atoms with Crippen LogP contribution >= 0.6 is 0 Å². The highest BCUT2D eigenvalue weighted by Crippen LogP contribution is 2.45. The van der Waals surface area contributed by atoms with Gasteiger partial charge in [-0.3, -0.25) is 0 Å². The number of hydrogen-bond donors (Lipinski definition) is 0. The molecule has 0 aliphatic rings. The highest BCUT2D eigenvalue weighted by atomic mass is 16.3. The first kappa shape index (κ1) is 57.4. The summed E-state index contributed by atoms with van der Waals surface area (Å²) in [6.07, 6.45) is 0. The molecule has 0 radical (unpaired) electrons. The van der Waals surface area contributed by atoms with E-state index in [1.807, 2.05) is 12.1 Å². The summed E-state index contributed by atoms with van der Waals surface area (Å²) in [5.74, 6) is 0. The molecule has 0 aliphatic carbocycles. The molecule has 0 fully saturated rings. The summed E-state index contributed by atoms with van der Waals surface area (Å²) in [6, 6.07) is 131. The van der Waals surface area contributed by atoms with Crippen LogP contribution in [0.5, 0.6) is 0 Å². The molecule has 22 rings (SSSR count). The first-order valence-electron chi connectivity index (χ1n) is 34.9. The van der Waals surface area contributed by atoms with Crippen LogP contribution in [-0.4, -0.2) is 18.3 Å². The lowest BCUT2D eigenvalue weighted by Gasteiger charge is -2.10. The first-order chi connectivity index (χ1) is 50.6. The van der Waals surface area contributed by atoms with Gasteiger partial charge in [0.1, 0.15) is 22.3 Å². The topological polar surface area (TPSA) is 46.0 Å². The Labute approximate surface area is 585 Å². The van der Waals surface area contributed by atoms with Gasteiger partial charge < -0.3 is 27.1 Å². The Bertz CT molecular complexity index is 7060. The van der Waals surface area contributed by atoms with E-state index in [-0.39, 0.29) is 0 Å². The normalized spacial score (nSPS) is 11.9. The molecule has 0 saturated carbocycles. The van der Waals surface area contributed by atoms with Crippen LogP contribution in [0.2, 0.25) is 0 Å². The Morgan fingerprint density at radius 3 is 0.843 bits per heavy atom. The van der Waals surface area contributed by atoms with E-state index in [0.29, 0.717) is 0 Å². The average molecular weight is 1300 g/mol. The largest absolute Gasteiger partial charge is 0.456 e. The zero-order valence-corrected chi connectivity index (χ0v) is 55.2. The van der Waals surface area contributed by atoms with Gasteiger partial charge in [0.2, 0.25) is 0 Å². The molecule has 0 amide bonds. The van der Waals surface area contributed by atoms with Crippen molar-refractivity contribution in [2.45, 2.75) is 0 Å². The van der Waals surface area contributed by atoms with E-state index in [0.717, 1.165) is 66.3 Å². The van der Waals surface area contributed by atoms with Crippen LogP contribution in [0.1, 0.15) is 0 Å². The molecule has 6 nitrogen and oxygen atoms in total. The smallest absolute Gasteiger partial charge is 0.137 e. The maximum Gasteiger partial charge on any atom is 0.137 e. The van der Waals surface area contributed by atoms with Gasteiger partial charge in [0.05, 0.1) is 44.1 Å². The van der Waals surface area contributed by atoms with Gasteiger partial charge in [-0.2, -0.15) is 0 Å². The number of benzene rings is 16. The number of furan rings is 2. The van der Waals surface area contributed by atoms with E-state index in [2.05, 4.69) is 370 Å². The number of aromatic nitrogens is 4. The van der Waals surface area contributed by atoms with Crippen LogP contribution < -0.4 is 0 Å². The zero-order valence-electron chi connectivity index (χ0n) is 55.2. The molecule has 0 unspecified atom stereocenters. The maximum absolute atomic E-state index is 6.42. The minimum atomic E-state index is 0.897. The maximum atomic E-state index is 6.42. The molecule has 6 heteroatoms. The number of nitrogens with zero attached hydrogens (tertiary/aromatic N) is 4. The molecule has 0 saturated heterocycles. The lowest BCUT2D eigenvalue weighted by Crippen LogP contribution is -1.94. The Balaban J connectivity index is 0.000000133. The standard InChI is InChI=1S/2C48H30N2O/c1-3-11-31(12-4-1)32-19-23-36(24-20-32)50-45-26-22-34(28-40(45)41-30-48-42(29-46(41)50)38-16-8-10-18-47(38)51-48)33-21-25-44-39(27-33)37-15-7-9-17-43(37)49(44)35-13-5-2-6-14-35;1-3-11-31(12-4-1)32-19-23-36(24-20-32)50-45-26-22-34(28-40(45)41-29-42-38-16-8-10-18-47(38)51-48(42)30-46(41)50)33-21-25-44-39(27-33)37-15-7-9-17-43(37)49(44)35-13-5-2-6-14-35/h2*1-30H. The van der Waals surface area contributed by atoms with E-state index >= 15 is 0 Å². The van der Waals surface area contributed by atoms with Crippen LogP contribution in [0, 0.1) is 0 Å². The van der Waals surface area contributed by atoms with Crippen molar-refractivity contribution in [3.63, 3.8) is 0 Å². The molecule has 0 aliphatic heterocycles. The molecule has 102 heavy (non-hydrogen) atoms. The Morgan fingerprint density at radius 1 is 0.137 bits per heavy atom. The Morgan fingerprint density at radius 2 is 0.412 bits per heavy atom. The molecule has 6 heterocycles. The SMILES string of the molecule is c1ccc(-c2ccc(-n3c4ccc(-c5ccc6c(c5)c5ccccc5n6-c5ccccc5)cc4c4cc5c(cc43)oc3ccccc35)cc2)cc1.c1ccc(-c2ccc(-n3c4ccc(-c5ccc6c(c5)c5ccccc5n6-c5ccccc5)cc4c4cc5oc6ccccc6c5cc43)cc2)cc1. The van der Waals surface area contributed by atoms with Gasteiger partial charge in [-0.25, -0.2) is 0 Å². The molecule has 16 aromatic carbocycles. The fraction of sp³-hybridized carbons (Fsp3) is 0. The van der Waals surface area contributed by atoms with Crippen molar-refractivity contribution in [3.8, 4) is 67.3 Å². The zero-order chi connectivity index (χ0) is 66.9. The fourth-order valence-electron chi connectivity index (χ4n) is 16.3. The molecule has 476 valence electrons. The van der Waals surface area contributed by atoms with E-state index in [9.17, 15) is 0 Å². The predicted octanol–water partition coefficient (Wildman–Crippen LogP) is 26.2. The second-order valence-electron chi connectivity index (χ2n) is 26.7. The second kappa shape index (κ2) is 23.0. The van der Waals surface area contributed by atoms with Crippen molar-refractivity contribution in [2.75, 3.05) is 0 Å². The van der Waals surface area contributed by atoms with Crippen molar-refractivity contribution >= 4 is 131 Å². The second-order valence-corrected chi connectivity index (χ2v) is 26.7. The average Bonchev–Trinajstić information content (AvgIpc) is 1.58. The van der Waals surface area contributed by atoms with Crippen LogP contribution in [0.25, 0.3) is 198 Å². The third-order valence-electron chi connectivity index (χ3n) is 21.0. The quantitative estimate of drug-likeness (QED) is 0.152. The van der Waals surface area contributed by atoms with Crippen molar-refractivity contribution in [3.05, 3.63) is 364 Å². The van der Waals surface area contributed by atoms with Gasteiger partial charge in [0, 0.05) is 93.5 Å². The monoisotopic (exact) mass is 1300 g/mol. The minimum absolute atomic E-state index is 0.897. The van der Waals surface area contributed by atoms with Crippen molar-refractivity contribution < 1.29 is 8.83 Å². The number of fused-ring (bicyclic) bond motifs is 18. The van der Waals surface area contributed by atoms with Gasteiger partial charge in [-0.1, -0.05) is 218 Å². The van der Waals surface area contributed by atoms with E-state index in [4.69, 9.17) is 8.83 Å². The van der Waals surface area contributed by atoms with E-state index in [1.54, 1.807) is 0 Å². The summed E-state index contributed by atoms with van der Waals surface area (Å²) < 4.78 is 22.4. The Kier molecular flexibility index (Phi) is 12.9. The fourth-order valence-corrected chi connectivity index (χ4v) is 16.3. The molecule has 22 aromatic rings. The highest BCUT2D eigenvalue weighted by Gasteiger charge is 2.22. The van der Waals surface area contributed by atoms with Gasteiger partial charge in [0.25, 0.3) is 0 Å². The predicted molar refractivity (Wildman–Crippen MR) is 427 cm³/mol. The molecule has 0 bridgehead atoms. The number of hydrogen-bond acceptors (Lipinski definition) is 2. The summed E-state index contributed by atoms with van der Waals surface area (Å²) >= 11 is 0. The van der Waals surface area contributed by atoms with Crippen molar-refractivity contribution in [2.24, 2.45) is 0 Å². The summed E-state index contributed by atoms with van der Waals surface area (Å²) in [5, 5.41) is 14.3. The molecule has 0 atom stereocenters. The minimum Gasteiger partial charge on any atom is -0.456 e. The summed E-state index contributed by atoms with van der Waals surface area (Å²) in [6.45, 7) is 0. The first-order valence-corrected chi connectivity index (χ1v) is 34.9.